The molecule has 5 aliphatic heterocycles. The van der Waals surface area contributed by atoms with Gasteiger partial charge in [-0.05, 0) is 225 Å². The van der Waals surface area contributed by atoms with Crippen LogP contribution in [0.2, 0.25) is 0 Å². The maximum Gasteiger partial charge on any atom is 0.0583 e. The molecule has 143 heavy (non-hydrogen) atoms. The lowest BCUT2D eigenvalue weighted by Crippen LogP contribution is -2.31. The summed E-state index contributed by atoms with van der Waals surface area (Å²) in [6, 6.07) is 168. The Balaban J connectivity index is 0.0000000952. The number of nitrogens with zero attached hydrogens (tertiary/aromatic N) is 8. The summed E-state index contributed by atoms with van der Waals surface area (Å²) in [4.78, 5) is 7.22. The number of hydrogen-bond acceptors (Lipinski definition) is 3. The Morgan fingerprint density at radius 1 is 0.147 bits per heavy atom. The van der Waals surface area contributed by atoms with E-state index < -0.39 is 0 Å². The predicted octanol–water partition coefficient (Wildman–Crippen LogP) is 35.8. The van der Waals surface area contributed by atoms with Crippen molar-refractivity contribution >= 4 is 160 Å². The topological polar surface area (TPSA) is 34.4 Å². The smallest absolute Gasteiger partial charge is 0.0583 e. The Bertz CT molecular complexity index is 9340. The monoisotopic (exact) mass is 1840 g/mol. The second kappa shape index (κ2) is 31.9. The Morgan fingerprint density at radius 3 is 0.783 bits per heavy atom. The van der Waals surface area contributed by atoms with E-state index in [0.717, 1.165) is 22.7 Å². The van der Waals surface area contributed by atoms with E-state index in [9.17, 15) is 0 Å². The lowest BCUT2D eigenvalue weighted by Gasteiger charge is -2.42. The highest BCUT2D eigenvalue weighted by Gasteiger charge is 2.44. The zero-order valence-electron chi connectivity index (χ0n) is 82.0. The summed E-state index contributed by atoms with van der Waals surface area (Å²) in [5.41, 5.74) is 43.0. The minimum Gasteiger partial charge on any atom is -0.310 e. The van der Waals surface area contributed by atoms with E-state index in [1.165, 1.54) is 222 Å². The number of aromatic nitrogens is 5. The molecule has 686 valence electrons. The molecule has 0 radical (unpaired) electrons. The summed E-state index contributed by atoms with van der Waals surface area (Å²) in [5.74, 6) is 0. The van der Waals surface area contributed by atoms with E-state index in [2.05, 4.69) is 568 Å². The lowest BCUT2D eigenvalue weighted by atomic mass is 9.73. The minimum atomic E-state index is -0.136. The molecule has 0 atom stereocenters. The fraction of sp³-hybridized carbons (Fsp3) is 0.111. The second-order valence-electron chi connectivity index (χ2n) is 41.9. The third kappa shape index (κ3) is 12.6. The van der Waals surface area contributed by atoms with Crippen LogP contribution in [0.4, 0.5) is 51.2 Å². The summed E-state index contributed by atoms with van der Waals surface area (Å²) >= 11 is 0. The molecule has 0 saturated carbocycles. The molecule has 0 fully saturated rings. The van der Waals surface area contributed by atoms with Crippen LogP contribution in [0.15, 0.2) is 461 Å². The first-order valence-corrected chi connectivity index (χ1v) is 50.3. The van der Waals surface area contributed by atoms with Gasteiger partial charge in [0.2, 0.25) is 0 Å². The maximum atomic E-state index is 2.49. The second-order valence-corrected chi connectivity index (χ2v) is 41.9. The molecule has 0 aliphatic carbocycles. The Morgan fingerprint density at radius 2 is 0.392 bits per heavy atom. The molecule has 8 nitrogen and oxygen atoms in total. The molecular formula is C135H106N8. The van der Waals surface area contributed by atoms with Crippen LogP contribution >= 0.6 is 0 Å². The fourth-order valence-corrected chi connectivity index (χ4v) is 25.5. The molecule has 0 N–H and O–H groups in total. The van der Waals surface area contributed by atoms with Crippen molar-refractivity contribution in [3.8, 4) is 28.4 Å². The van der Waals surface area contributed by atoms with E-state index in [1.54, 1.807) is 0 Å². The molecule has 0 unspecified atom stereocenters. The number of anilines is 9. The molecule has 10 heterocycles. The van der Waals surface area contributed by atoms with Crippen molar-refractivity contribution in [1.29, 1.82) is 0 Å². The first kappa shape index (κ1) is 85.0. The van der Waals surface area contributed by atoms with Gasteiger partial charge in [0.15, 0.2) is 0 Å². The predicted molar refractivity (Wildman–Crippen MR) is 602 cm³/mol. The van der Waals surface area contributed by atoms with Crippen LogP contribution in [0.3, 0.4) is 0 Å². The van der Waals surface area contributed by atoms with Gasteiger partial charge in [-0.15, -0.1) is 0 Å². The number of hydrogen-bond donors (Lipinski definition) is 0. The normalized spacial score (nSPS) is 14.5. The average Bonchev–Trinajstić information content (AvgIpc) is 1.62. The molecule has 20 aromatic carbocycles. The van der Waals surface area contributed by atoms with Gasteiger partial charge in [0.05, 0.1) is 89.3 Å². The van der Waals surface area contributed by atoms with E-state index in [0.29, 0.717) is 0 Å². The maximum absolute atomic E-state index is 2.49. The Kier molecular flexibility index (Phi) is 19.0. The van der Waals surface area contributed by atoms with E-state index in [4.69, 9.17) is 0 Å². The molecule has 0 spiro atoms. The third-order valence-corrected chi connectivity index (χ3v) is 32.3. The van der Waals surface area contributed by atoms with Crippen molar-refractivity contribution in [2.75, 3.05) is 14.7 Å². The van der Waals surface area contributed by atoms with Crippen molar-refractivity contribution in [3.05, 3.63) is 517 Å². The summed E-state index contributed by atoms with van der Waals surface area (Å²) in [6.07, 6.45) is 0. The number of rotatable bonds is 8. The van der Waals surface area contributed by atoms with Crippen molar-refractivity contribution in [3.63, 3.8) is 0 Å². The molecule has 5 aliphatic rings. The summed E-state index contributed by atoms with van der Waals surface area (Å²) in [6.45, 7) is 23.7. The fourth-order valence-electron chi connectivity index (χ4n) is 25.5. The number of benzene rings is 20. The van der Waals surface area contributed by atoms with Crippen LogP contribution in [0.1, 0.15) is 125 Å². The zero-order chi connectivity index (χ0) is 96.3. The Labute approximate surface area is 833 Å². The van der Waals surface area contributed by atoms with Gasteiger partial charge in [0.25, 0.3) is 0 Å². The molecular weight excluding hydrogens is 1730 g/mol. The van der Waals surface area contributed by atoms with Crippen molar-refractivity contribution in [1.82, 2.24) is 22.8 Å². The largest absolute Gasteiger partial charge is 0.310 e. The number of para-hydroxylation sites is 16. The summed E-state index contributed by atoms with van der Waals surface area (Å²) in [5, 5.41) is 13.1. The van der Waals surface area contributed by atoms with Crippen molar-refractivity contribution in [2.24, 2.45) is 0 Å². The van der Waals surface area contributed by atoms with Gasteiger partial charge in [-0.1, -0.05) is 360 Å². The lowest BCUT2D eigenvalue weighted by molar-refractivity contribution is 0.627. The van der Waals surface area contributed by atoms with Crippen LogP contribution in [0, 0.1) is 0 Å². The summed E-state index contributed by atoms with van der Waals surface area (Å²) < 4.78 is 12.4. The molecule has 0 bridgehead atoms. The highest BCUT2D eigenvalue weighted by molar-refractivity contribution is 6.18. The van der Waals surface area contributed by atoms with Gasteiger partial charge in [0, 0.05) is 126 Å². The van der Waals surface area contributed by atoms with Gasteiger partial charge in [0.1, 0.15) is 0 Å². The first-order chi connectivity index (χ1) is 69.8. The molecule has 0 saturated heterocycles. The third-order valence-electron chi connectivity index (χ3n) is 32.3. The minimum absolute atomic E-state index is 0.0731. The summed E-state index contributed by atoms with van der Waals surface area (Å²) in [7, 11) is 0. The molecule has 30 rings (SSSR count). The van der Waals surface area contributed by atoms with E-state index in [-0.39, 0.29) is 27.1 Å². The van der Waals surface area contributed by atoms with Crippen LogP contribution in [0.25, 0.3) is 137 Å². The quantitative estimate of drug-likeness (QED) is 0.152. The van der Waals surface area contributed by atoms with Gasteiger partial charge >= 0.3 is 0 Å². The van der Waals surface area contributed by atoms with Gasteiger partial charge in [-0.3, -0.25) is 0 Å². The Hall–Kier alpha value is -17.2. The van der Waals surface area contributed by atoms with Gasteiger partial charge in [-0.2, -0.15) is 0 Å². The van der Waals surface area contributed by atoms with Crippen LogP contribution in [-0.4, -0.2) is 22.8 Å². The van der Waals surface area contributed by atoms with Crippen LogP contribution < -0.4 is 14.7 Å². The van der Waals surface area contributed by atoms with Gasteiger partial charge < -0.3 is 37.5 Å². The SMILES string of the molecule is CC1(C)c2cc(N(c3ccccc3)c3ccccc3)ccc2-n2c3ccccc3c3cccc1c32.CC1(C)c2ccccc2-n2c3ccccc3c3cc(-n4c5ccccc5c5ccccc54)cc1c32.CC1(C)c2ccccc2-n2c3ccccc3c3cc(N(c4ccccc4)c4ccccc4)cc1c32.CC1(C)c2ccccc2N(c2cc3c4c(c2)c2ccccc2n4-c2ccccc2C3(C)C)c2ccccc21. The molecule has 8 heteroatoms. The molecule has 5 aromatic heterocycles. The van der Waals surface area contributed by atoms with Crippen LogP contribution in [-0.2, 0) is 27.1 Å². The van der Waals surface area contributed by atoms with E-state index >= 15 is 0 Å². The standard InChI is InChI=1S/C36H30N2.C33H24N2.2C33H26N2/c1-35(2)26-14-6-10-18-31(26)37(32-19-11-7-15-27(32)35)23-21-25-24-13-5-9-17-30(24)38-33-20-12-8-16-28(33)36(3,4)29(22-23)34(25)38;1-33(2)26-14-6-10-18-31(26)35-30-17-9-5-13-24(30)25-19-21(20-27(33)32(25)35)34-28-15-7-3-11-22(28)23-12-4-8-16-29(23)34;1-33(2)28-18-10-12-20-31(28)35-30-19-11-9-17-26(30)27-21-25(22-29(33)32(27)35)34(23-13-5-3-6-14-23)24-15-7-4-8-16-24;1-33(2)28-18-11-17-27-26-16-9-10-19-30(26)35(32(27)28)31-21-20-25(22-29(31)33)34(23-12-5-3-6-13-23)24-14-7-4-8-15-24/h5-22H,1-4H3;3-20H,1-2H3;2*3-22H,1-2H3. The number of fused-ring (bicyclic) bond motifs is 25. The molecule has 25 aromatic rings. The highest BCUT2D eigenvalue weighted by Crippen LogP contribution is 2.59. The first-order valence-electron chi connectivity index (χ1n) is 50.3. The van der Waals surface area contributed by atoms with Crippen LogP contribution in [0.5, 0.6) is 0 Å². The zero-order valence-corrected chi connectivity index (χ0v) is 82.0. The highest BCUT2D eigenvalue weighted by atomic mass is 15.2. The van der Waals surface area contributed by atoms with Crippen molar-refractivity contribution in [2.45, 2.75) is 96.3 Å². The van der Waals surface area contributed by atoms with Gasteiger partial charge in [-0.25, -0.2) is 0 Å². The van der Waals surface area contributed by atoms with Crippen molar-refractivity contribution < 1.29 is 0 Å². The molecule has 0 amide bonds. The average molecular weight is 1840 g/mol. The van der Waals surface area contributed by atoms with E-state index in [1.807, 2.05) is 0 Å².